The van der Waals surface area contributed by atoms with Crippen molar-refractivity contribution in [1.29, 1.82) is 0 Å². The summed E-state index contributed by atoms with van der Waals surface area (Å²) in [6, 6.07) is 27.1. The van der Waals surface area contributed by atoms with Crippen molar-refractivity contribution in [3.8, 4) is 0 Å². The number of carbonyl (C=O) groups excluding carboxylic acids is 2. The molecule has 0 atom stereocenters. The Balaban J connectivity index is 1.56. The van der Waals surface area contributed by atoms with Crippen molar-refractivity contribution in [2.24, 2.45) is 0 Å². The summed E-state index contributed by atoms with van der Waals surface area (Å²) in [6.45, 7) is 4.98. The predicted octanol–water partition coefficient (Wildman–Crippen LogP) is 4.49. The van der Waals surface area contributed by atoms with Gasteiger partial charge in [-0.3, -0.25) is 9.59 Å². The van der Waals surface area contributed by atoms with E-state index in [1.165, 1.54) is 5.56 Å². The highest BCUT2D eigenvalue weighted by Gasteiger charge is 2.22. The van der Waals surface area contributed by atoms with E-state index in [1.807, 2.05) is 84.9 Å². The van der Waals surface area contributed by atoms with E-state index in [0.717, 1.165) is 11.1 Å². The van der Waals surface area contributed by atoms with Crippen LogP contribution in [0.15, 0.2) is 84.9 Å². The van der Waals surface area contributed by atoms with Crippen molar-refractivity contribution < 1.29 is 9.59 Å². The van der Waals surface area contributed by atoms with E-state index in [2.05, 4.69) is 24.5 Å². The Morgan fingerprint density at radius 2 is 1.17 bits per heavy atom. The zero-order chi connectivity index (χ0) is 21.3. The summed E-state index contributed by atoms with van der Waals surface area (Å²) < 4.78 is 0. The fraction of sp³-hybridized carbons (Fsp3) is 0.231. The fourth-order valence-corrected chi connectivity index (χ4v) is 3.37. The van der Waals surface area contributed by atoms with Gasteiger partial charge in [0, 0.05) is 18.7 Å². The third-order valence-corrected chi connectivity index (χ3v) is 5.08. The lowest BCUT2D eigenvalue weighted by Crippen LogP contribution is -2.37. The van der Waals surface area contributed by atoms with E-state index in [1.54, 1.807) is 0 Å². The maximum absolute atomic E-state index is 12.9. The molecule has 2 amide bonds. The van der Waals surface area contributed by atoms with Crippen LogP contribution in [0.5, 0.6) is 0 Å². The van der Waals surface area contributed by atoms with E-state index >= 15 is 0 Å². The average molecular weight is 401 g/mol. The molecule has 0 saturated carbocycles. The average Bonchev–Trinajstić information content (AvgIpc) is 2.78. The minimum absolute atomic E-state index is 0.0806. The molecular weight excluding hydrogens is 372 g/mol. The first kappa shape index (κ1) is 21.3. The van der Waals surface area contributed by atoms with Crippen molar-refractivity contribution >= 4 is 11.8 Å². The quantitative estimate of drug-likeness (QED) is 0.548. The van der Waals surface area contributed by atoms with Crippen LogP contribution < -0.4 is 10.6 Å². The highest BCUT2D eigenvalue weighted by atomic mass is 16.2. The van der Waals surface area contributed by atoms with Gasteiger partial charge in [0.25, 0.3) is 5.91 Å². The number of benzene rings is 3. The molecule has 0 aliphatic rings. The molecule has 4 heteroatoms. The Kier molecular flexibility index (Phi) is 7.39. The predicted molar refractivity (Wildman–Crippen MR) is 121 cm³/mol. The maximum atomic E-state index is 12.9. The van der Waals surface area contributed by atoms with Gasteiger partial charge in [0.15, 0.2) is 0 Å². The van der Waals surface area contributed by atoms with Gasteiger partial charge in [0.1, 0.15) is 0 Å². The van der Waals surface area contributed by atoms with Gasteiger partial charge in [-0.25, -0.2) is 0 Å². The molecular formula is C26H28N2O2. The molecule has 3 rings (SSSR count). The van der Waals surface area contributed by atoms with Gasteiger partial charge in [-0.2, -0.15) is 0 Å². The van der Waals surface area contributed by atoms with Gasteiger partial charge in [0.2, 0.25) is 5.91 Å². The van der Waals surface area contributed by atoms with Crippen molar-refractivity contribution in [1.82, 2.24) is 10.6 Å². The van der Waals surface area contributed by atoms with Gasteiger partial charge >= 0.3 is 0 Å². The molecule has 4 nitrogen and oxygen atoms in total. The van der Waals surface area contributed by atoms with Gasteiger partial charge in [-0.1, -0.05) is 86.6 Å². The zero-order valence-electron chi connectivity index (χ0n) is 17.5. The van der Waals surface area contributed by atoms with Crippen LogP contribution in [-0.4, -0.2) is 24.9 Å². The molecule has 0 radical (unpaired) electrons. The summed E-state index contributed by atoms with van der Waals surface area (Å²) in [4.78, 5) is 25.3. The molecule has 3 aromatic rings. The molecule has 0 aromatic heterocycles. The summed E-state index contributed by atoms with van der Waals surface area (Å²) in [5.41, 5.74) is 3.70. The summed E-state index contributed by atoms with van der Waals surface area (Å²) in [6.07, 6.45) is 0. The SMILES string of the molecule is CC(C)c1ccc(C(=O)NCCNC(=O)C(c2ccccc2)c2ccccc2)cc1. The Morgan fingerprint density at radius 1 is 0.667 bits per heavy atom. The number of hydrogen-bond acceptors (Lipinski definition) is 2. The monoisotopic (exact) mass is 400 g/mol. The van der Waals surface area contributed by atoms with Gasteiger partial charge < -0.3 is 10.6 Å². The number of nitrogens with one attached hydrogen (secondary N) is 2. The van der Waals surface area contributed by atoms with Crippen LogP contribution in [0.1, 0.15) is 52.7 Å². The number of carbonyl (C=O) groups is 2. The molecule has 2 N–H and O–H groups in total. The Labute approximate surface area is 178 Å². The standard InChI is InChI=1S/C26H28N2O2/c1-19(2)20-13-15-23(16-14-20)25(29)27-17-18-28-26(30)24(21-9-5-3-6-10-21)22-11-7-4-8-12-22/h3-16,19,24H,17-18H2,1-2H3,(H,27,29)(H,28,30). The zero-order valence-corrected chi connectivity index (χ0v) is 17.5. The second-order valence-corrected chi connectivity index (χ2v) is 7.58. The first-order valence-corrected chi connectivity index (χ1v) is 10.3. The first-order valence-electron chi connectivity index (χ1n) is 10.3. The Morgan fingerprint density at radius 3 is 1.67 bits per heavy atom. The molecule has 0 spiro atoms. The normalized spacial score (nSPS) is 10.8. The molecule has 0 unspecified atom stereocenters. The molecule has 3 aromatic carbocycles. The number of amides is 2. The largest absolute Gasteiger partial charge is 0.354 e. The maximum Gasteiger partial charge on any atom is 0.251 e. The molecule has 0 heterocycles. The number of rotatable bonds is 8. The minimum Gasteiger partial charge on any atom is -0.354 e. The van der Waals surface area contributed by atoms with Crippen LogP contribution >= 0.6 is 0 Å². The second-order valence-electron chi connectivity index (χ2n) is 7.58. The topological polar surface area (TPSA) is 58.2 Å². The van der Waals surface area contributed by atoms with Crippen LogP contribution in [0.25, 0.3) is 0 Å². The number of hydrogen-bond donors (Lipinski definition) is 2. The lowest BCUT2D eigenvalue weighted by atomic mass is 9.90. The van der Waals surface area contributed by atoms with E-state index in [-0.39, 0.29) is 17.7 Å². The van der Waals surface area contributed by atoms with Crippen molar-refractivity contribution in [2.75, 3.05) is 13.1 Å². The molecule has 0 aliphatic carbocycles. The smallest absolute Gasteiger partial charge is 0.251 e. The fourth-order valence-electron chi connectivity index (χ4n) is 3.37. The van der Waals surface area contributed by atoms with Crippen molar-refractivity contribution in [3.63, 3.8) is 0 Å². The second kappa shape index (κ2) is 10.4. The van der Waals surface area contributed by atoms with Gasteiger partial charge in [-0.15, -0.1) is 0 Å². The Hall–Kier alpha value is -3.40. The van der Waals surface area contributed by atoms with Crippen LogP contribution in [0.3, 0.4) is 0 Å². The molecule has 0 saturated heterocycles. The summed E-state index contributed by atoms with van der Waals surface area (Å²) in [5, 5.41) is 5.82. The van der Waals surface area contributed by atoms with Crippen LogP contribution in [0.4, 0.5) is 0 Å². The molecule has 30 heavy (non-hydrogen) atoms. The van der Waals surface area contributed by atoms with Crippen molar-refractivity contribution in [2.45, 2.75) is 25.7 Å². The van der Waals surface area contributed by atoms with E-state index in [0.29, 0.717) is 24.6 Å². The summed E-state index contributed by atoms with van der Waals surface area (Å²) >= 11 is 0. The molecule has 0 fully saturated rings. The lowest BCUT2D eigenvalue weighted by Gasteiger charge is -2.18. The van der Waals surface area contributed by atoms with Gasteiger partial charge in [-0.05, 0) is 34.7 Å². The van der Waals surface area contributed by atoms with Gasteiger partial charge in [0.05, 0.1) is 5.92 Å². The van der Waals surface area contributed by atoms with Crippen molar-refractivity contribution in [3.05, 3.63) is 107 Å². The molecule has 154 valence electrons. The third kappa shape index (κ3) is 5.57. The van der Waals surface area contributed by atoms with E-state index < -0.39 is 0 Å². The molecule has 0 bridgehead atoms. The summed E-state index contributed by atoms with van der Waals surface area (Å²) in [5.74, 6) is -0.170. The van der Waals surface area contributed by atoms with Crippen LogP contribution in [0.2, 0.25) is 0 Å². The summed E-state index contributed by atoms with van der Waals surface area (Å²) in [7, 11) is 0. The van der Waals surface area contributed by atoms with Crippen LogP contribution in [0, 0.1) is 0 Å². The van der Waals surface area contributed by atoms with E-state index in [4.69, 9.17) is 0 Å². The van der Waals surface area contributed by atoms with Crippen LogP contribution in [-0.2, 0) is 4.79 Å². The lowest BCUT2D eigenvalue weighted by molar-refractivity contribution is -0.121. The first-order chi connectivity index (χ1) is 14.6. The third-order valence-electron chi connectivity index (χ3n) is 5.08. The highest BCUT2D eigenvalue weighted by Crippen LogP contribution is 2.24. The van der Waals surface area contributed by atoms with E-state index in [9.17, 15) is 9.59 Å². The molecule has 0 aliphatic heterocycles. The minimum atomic E-state index is -0.383. The highest BCUT2D eigenvalue weighted by molar-refractivity contribution is 5.94. The Bertz CT molecular complexity index is 912.